The molecule has 1 aliphatic carbocycles. The zero-order valence-corrected chi connectivity index (χ0v) is 11.9. The first-order valence-electron chi connectivity index (χ1n) is 6.29. The van der Waals surface area contributed by atoms with E-state index >= 15 is 0 Å². The van der Waals surface area contributed by atoms with Gasteiger partial charge in [-0.05, 0) is 37.6 Å². The molecule has 0 aromatic heterocycles. The Morgan fingerprint density at radius 1 is 1.35 bits per heavy atom. The number of hydrogen-bond donors (Lipinski definition) is 1. The third-order valence-electron chi connectivity index (χ3n) is 3.58. The summed E-state index contributed by atoms with van der Waals surface area (Å²) < 4.78 is 1.12. The number of halogens is 1. The molecular formula is C14H20BrNO. The SMILES string of the molecule is CN(Cc1cccc(Br)c1)[C@H]1CCCC[C@@H]1O. The molecule has 17 heavy (non-hydrogen) atoms. The number of aliphatic hydroxyl groups is 1. The fourth-order valence-corrected chi connectivity index (χ4v) is 3.09. The van der Waals surface area contributed by atoms with Gasteiger partial charge in [0.2, 0.25) is 0 Å². The van der Waals surface area contributed by atoms with Crippen LogP contribution in [0.2, 0.25) is 0 Å². The van der Waals surface area contributed by atoms with Crippen molar-refractivity contribution in [3.8, 4) is 0 Å². The molecule has 0 bridgehead atoms. The van der Waals surface area contributed by atoms with Crippen molar-refractivity contribution in [2.45, 2.75) is 44.4 Å². The summed E-state index contributed by atoms with van der Waals surface area (Å²) in [5, 5.41) is 10.0. The average Bonchev–Trinajstić information content (AvgIpc) is 2.29. The predicted molar refractivity (Wildman–Crippen MR) is 73.9 cm³/mol. The van der Waals surface area contributed by atoms with Crippen LogP contribution in [0, 0.1) is 0 Å². The van der Waals surface area contributed by atoms with Gasteiger partial charge in [0.05, 0.1) is 6.10 Å². The molecule has 0 aliphatic heterocycles. The van der Waals surface area contributed by atoms with Gasteiger partial charge in [0.15, 0.2) is 0 Å². The molecule has 0 saturated heterocycles. The molecule has 1 aliphatic rings. The standard InChI is InChI=1S/C14H20BrNO/c1-16(13-7-2-3-8-14(13)17)10-11-5-4-6-12(15)9-11/h4-6,9,13-14,17H,2-3,7-8,10H2,1H3/t13-,14-/m0/s1. The first-order chi connectivity index (χ1) is 8.16. The van der Waals surface area contributed by atoms with Gasteiger partial charge in [-0.2, -0.15) is 0 Å². The fraction of sp³-hybridized carbons (Fsp3) is 0.571. The van der Waals surface area contributed by atoms with Gasteiger partial charge in [-0.25, -0.2) is 0 Å². The van der Waals surface area contributed by atoms with Crippen molar-refractivity contribution in [2.75, 3.05) is 7.05 Å². The van der Waals surface area contributed by atoms with E-state index in [1.807, 2.05) is 6.07 Å². The van der Waals surface area contributed by atoms with Crippen LogP contribution in [0.3, 0.4) is 0 Å². The Kier molecular flexibility index (Phi) is 4.60. The molecule has 2 nitrogen and oxygen atoms in total. The molecule has 0 spiro atoms. The van der Waals surface area contributed by atoms with E-state index in [0.717, 1.165) is 23.9 Å². The normalized spacial score (nSPS) is 25.2. The van der Waals surface area contributed by atoms with Crippen molar-refractivity contribution in [3.05, 3.63) is 34.3 Å². The van der Waals surface area contributed by atoms with E-state index in [0.29, 0.717) is 6.04 Å². The zero-order chi connectivity index (χ0) is 12.3. The largest absolute Gasteiger partial charge is 0.391 e. The van der Waals surface area contributed by atoms with E-state index in [4.69, 9.17) is 0 Å². The second kappa shape index (κ2) is 5.98. The van der Waals surface area contributed by atoms with Gasteiger partial charge in [0.1, 0.15) is 0 Å². The summed E-state index contributed by atoms with van der Waals surface area (Å²) in [5.41, 5.74) is 1.29. The van der Waals surface area contributed by atoms with E-state index < -0.39 is 0 Å². The van der Waals surface area contributed by atoms with Crippen molar-refractivity contribution in [2.24, 2.45) is 0 Å². The minimum atomic E-state index is -0.152. The molecule has 1 saturated carbocycles. The molecule has 1 N–H and O–H groups in total. The summed E-state index contributed by atoms with van der Waals surface area (Å²) in [5.74, 6) is 0. The number of benzene rings is 1. The Morgan fingerprint density at radius 3 is 2.82 bits per heavy atom. The van der Waals surface area contributed by atoms with Crippen molar-refractivity contribution >= 4 is 15.9 Å². The van der Waals surface area contributed by atoms with Crippen molar-refractivity contribution < 1.29 is 5.11 Å². The molecule has 3 heteroatoms. The van der Waals surface area contributed by atoms with Crippen molar-refractivity contribution in [3.63, 3.8) is 0 Å². The summed E-state index contributed by atoms with van der Waals surface area (Å²) in [7, 11) is 2.11. The quantitative estimate of drug-likeness (QED) is 0.926. The van der Waals surface area contributed by atoms with Gasteiger partial charge in [0, 0.05) is 17.1 Å². The Morgan fingerprint density at radius 2 is 2.12 bits per heavy atom. The Balaban J connectivity index is 1.98. The molecule has 0 radical (unpaired) electrons. The highest BCUT2D eigenvalue weighted by Gasteiger charge is 2.26. The summed E-state index contributed by atoms with van der Waals surface area (Å²) in [4.78, 5) is 2.28. The van der Waals surface area contributed by atoms with Gasteiger partial charge in [0.25, 0.3) is 0 Å². The Labute approximate surface area is 112 Å². The number of rotatable bonds is 3. The molecule has 0 unspecified atom stereocenters. The Bertz CT molecular complexity index is 369. The van der Waals surface area contributed by atoms with Crippen LogP contribution in [0.1, 0.15) is 31.2 Å². The number of likely N-dealkylation sites (N-methyl/N-ethyl adjacent to an activating group) is 1. The summed E-state index contributed by atoms with van der Waals surface area (Å²) in [6.07, 6.45) is 4.33. The Hall–Kier alpha value is -0.380. The van der Waals surface area contributed by atoms with Crippen LogP contribution in [-0.2, 0) is 6.54 Å². The summed E-state index contributed by atoms with van der Waals surface area (Å²) in [6, 6.07) is 8.70. The number of aliphatic hydroxyl groups excluding tert-OH is 1. The summed E-state index contributed by atoms with van der Waals surface area (Å²) >= 11 is 3.49. The topological polar surface area (TPSA) is 23.5 Å². The second-order valence-corrected chi connectivity index (χ2v) is 5.88. The lowest BCUT2D eigenvalue weighted by atomic mass is 9.91. The monoisotopic (exact) mass is 297 g/mol. The van der Waals surface area contributed by atoms with Gasteiger partial charge < -0.3 is 5.11 Å². The molecule has 2 atom stereocenters. The minimum absolute atomic E-state index is 0.152. The summed E-state index contributed by atoms with van der Waals surface area (Å²) in [6.45, 7) is 0.904. The van der Waals surface area contributed by atoms with Crippen LogP contribution in [0.4, 0.5) is 0 Å². The van der Waals surface area contributed by atoms with Crippen LogP contribution < -0.4 is 0 Å². The molecule has 1 fully saturated rings. The van der Waals surface area contributed by atoms with Crippen LogP contribution >= 0.6 is 15.9 Å². The zero-order valence-electron chi connectivity index (χ0n) is 10.3. The molecule has 94 valence electrons. The van der Waals surface area contributed by atoms with Crippen LogP contribution in [0.5, 0.6) is 0 Å². The lowest BCUT2D eigenvalue weighted by molar-refractivity contribution is 0.0288. The number of nitrogens with zero attached hydrogens (tertiary/aromatic N) is 1. The second-order valence-electron chi connectivity index (χ2n) is 4.96. The lowest BCUT2D eigenvalue weighted by Gasteiger charge is -2.35. The first-order valence-corrected chi connectivity index (χ1v) is 7.09. The third-order valence-corrected chi connectivity index (χ3v) is 4.07. The van der Waals surface area contributed by atoms with Crippen molar-refractivity contribution in [1.29, 1.82) is 0 Å². The molecule has 1 aromatic carbocycles. The third kappa shape index (κ3) is 3.54. The van der Waals surface area contributed by atoms with Gasteiger partial charge in [-0.3, -0.25) is 4.90 Å². The minimum Gasteiger partial charge on any atom is -0.391 e. The molecule has 0 heterocycles. The predicted octanol–water partition coefficient (Wildman–Crippen LogP) is 3.18. The maximum absolute atomic E-state index is 10.0. The van der Waals surface area contributed by atoms with E-state index in [-0.39, 0.29) is 6.10 Å². The average molecular weight is 298 g/mol. The van der Waals surface area contributed by atoms with Crippen LogP contribution in [-0.4, -0.2) is 29.2 Å². The van der Waals surface area contributed by atoms with Crippen molar-refractivity contribution in [1.82, 2.24) is 4.90 Å². The van der Waals surface area contributed by atoms with E-state index in [2.05, 4.69) is 46.1 Å². The molecular weight excluding hydrogens is 278 g/mol. The fourth-order valence-electron chi connectivity index (χ4n) is 2.65. The maximum atomic E-state index is 10.0. The van der Waals surface area contributed by atoms with Gasteiger partial charge in [-0.15, -0.1) is 0 Å². The molecule has 1 aromatic rings. The van der Waals surface area contributed by atoms with E-state index in [1.54, 1.807) is 0 Å². The molecule has 0 amide bonds. The van der Waals surface area contributed by atoms with Gasteiger partial charge >= 0.3 is 0 Å². The van der Waals surface area contributed by atoms with E-state index in [9.17, 15) is 5.11 Å². The first kappa shape index (κ1) is 13.1. The highest BCUT2D eigenvalue weighted by molar-refractivity contribution is 9.10. The highest BCUT2D eigenvalue weighted by Crippen LogP contribution is 2.24. The van der Waals surface area contributed by atoms with Crippen LogP contribution in [0.15, 0.2) is 28.7 Å². The van der Waals surface area contributed by atoms with E-state index in [1.165, 1.54) is 18.4 Å². The lowest BCUT2D eigenvalue weighted by Crippen LogP contribution is -2.42. The van der Waals surface area contributed by atoms with Crippen LogP contribution in [0.25, 0.3) is 0 Å². The highest BCUT2D eigenvalue weighted by atomic mass is 79.9. The van der Waals surface area contributed by atoms with Gasteiger partial charge in [-0.1, -0.05) is 40.9 Å². The number of hydrogen-bond acceptors (Lipinski definition) is 2. The molecule has 2 rings (SSSR count). The maximum Gasteiger partial charge on any atom is 0.0695 e. The smallest absolute Gasteiger partial charge is 0.0695 e.